The molecule has 0 saturated carbocycles. The van der Waals surface area contributed by atoms with Crippen LogP contribution in [0.15, 0.2) is 48.5 Å². The normalized spacial score (nSPS) is 14.8. The second-order valence-electron chi connectivity index (χ2n) is 5.88. The van der Waals surface area contributed by atoms with Crippen LogP contribution in [0, 0.1) is 11.3 Å². The molecule has 23 heavy (non-hydrogen) atoms. The van der Waals surface area contributed by atoms with Crippen molar-refractivity contribution in [3.8, 4) is 6.07 Å². The summed E-state index contributed by atoms with van der Waals surface area (Å²) in [6.07, 6.45) is 1.60. The lowest BCUT2D eigenvalue weighted by atomic mass is 10.00. The van der Waals surface area contributed by atoms with E-state index in [2.05, 4.69) is 17.4 Å². The monoisotopic (exact) mass is 306 g/mol. The Morgan fingerprint density at radius 1 is 1.17 bits per heavy atom. The second-order valence-corrected chi connectivity index (χ2v) is 5.88. The summed E-state index contributed by atoms with van der Waals surface area (Å²) in [6, 6.07) is 16.9. The molecule has 2 aromatic carbocycles. The first kappa shape index (κ1) is 15.3. The minimum absolute atomic E-state index is 0.151. The molecule has 0 saturated heterocycles. The summed E-state index contributed by atoms with van der Waals surface area (Å²) in [5.74, 6) is -0.151. The molecule has 0 heterocycles. The Hall–Kier alpha value is -2.64. The predicted octanol–water partition coefficient (Wildman–Crippen LogP) is 2.47. The Bertz CT molecular complexity index is 735. The van der Waals surface area contributed by atoms with Crippen molar-refractivity contribution in [2.75, 3.05) is 13.7 Å². The van der Waals surface area contributed by atoms with Crippen molar-refractivity contribution in [3.05, 3.63) is 70.8 Å². The third-order valence-electron chi connectivity index (χ3n) is 4.42. The highest BCUT2D eigenvalue weighted by Crippen LogP contribution is 2.32. The minimum atomic E-state index is -0.383. The molecular formula is C19H18N2O2. The van der Waals surface area contributed by atoms with Crippen LogP contribution in [0.25, 0.3) is 0 Å². The van der Waals surface area contributed by atoms with Crippen LogP contribution in [-0.2, 0) is 17.6 Å². The molecule has 0 bridgehead atoms. The molecule has 116 valence electrons. The zero-order chi connectivity index (χ0) is 16.3. The van der Waals surface area contributed by atoms with Gasteiger partial charge in [-0.2, -0.15) is 5.26 Å². The summed E-state index contributed by atoms with van der Waals surface area (Å²) >= 11 is 0. The number of methoxy groups -OCH3 is 1. The standard InChI is InChI=1S/C19H18N2O2/c1-23-19(10-16-4-2-3-5-17(16)11-19)13-21-18(22)15-8-6-14(12-20)7-9-15/h2-9H,10-11,13H2,1H3,(H,21,22). The maximum absolute atomic E-state index is 12.3. The van der Waals surface area contributed by atoms with Crippen molar-refractivity contribution < 1.29 is 9.53 Å². The van der Waals surface area contributed by atoms with Crippen LogP contribution >= 0.6 is 0 Å². The summed E-state index contributed by atoms with van der Waals surface area (Å²) in [5.41, 5.74) is 3.27. The minimum Gasteiger partial charge on any atom is -0.376 e. The van der Waals surface area contributed by atoms with Gasteiger partial charge in [0.15, 0.2) is 0 Å². The number of rotatable bonds is 4. The first-order chi connectivity index (χ1) is 11.2. The number of nitriles is 1. The Labute approximate surface area is 135 Å². The smallest absolute Gasteiger partial charge is 0.251 e. The van der Waals surface area contributed by atoms with E-state index in [9.17, 15) is 4.79 Å². The zero-order valence-electron chi connectivity index (χ0n) is 13.0. The number of fused-ring (bicyclic) bond motifs is 1. The number of hydrogen-bond donors (Lipinski definition) is 1. The fourth-order valence-corrected chi connectivity index (χ4v) is 3.04. The number of benzene rings is 2. The number of carbonyl (C=O) groups excluding carboxylic acids is 1. The van der Waals surface area contributed by atoms with Crippen LogP contribution in [0.2, 0.25) is 0 Å². The maximum Gasteiger partial charge on any atom is 0.251 e. The third-order valence-corrected chi connectivity index (χ3v) is 4.42. The zero-order valence-corrected chi connectivity index (χ0v) is 13.0. The van der Waals surface area contributed by atoms with Gasteiger partial charge in [0, 0.05) is 32.1 Å². The van der Waals surface area contributed by atoms with Crippen LogP contribution in [0.4, 0.5) is 0 Å². The Morgan fingerprint density at radius 2 is 1.78 bits per heavy atom. The summed E-state index contributed by atoms with van der Waals surface area (Å²) in [5, 5.41) is 11.8. The first-order valence-electron chi connectivity index (χ1n) is 7.56. The van der Waals surface area contributed by atoms with Gasteiger partial charge < -0.3 is 10.1 Å². The molecule has 4 heteroatoms. The van der Waals surface area contributed by atoms with Gasteiger partial charge in [-0.25, -0.2) is 0 Å². The highest BCUT2D eigenvalue weighted by atomic mass is 16.5. The largest absolute Gasteiger partial charge is 0.376 e. The molecule has 4 nitrogen and oxygen atoms in total. The van der Waals surface area contributed by atoms with Crippen LogP contribution in [0.3, 0.4) is 0 Å². The molecule has 0 unspecified atom stereocenters. The number of nitrogens with one attached hydrogen (secondary N) is 1. The molecule has 0 radical (unpaired) electrons. The molecule has 1 aliphatic rings. The molecule has 1 aliphatic carbocycles. The van der Waals surface area contributed by atoms with Gasteiger partial charge >= 0.3 is 0 Å². The van der Waals surface area contributed by atoms with E-state index in [0.29, 0.717) is 17.7 Å². The van der Waals surface area contributed by atoms with E-state index in [1.165, 1.54) is 11.1 Å². The van der Waals surface area contributed by atoms with Crippen LogP contribution in [0.1, 0.15) is 27.0 Å². The van der Waals surface area contributed by atoms with Gasteiger partial charge in [-0.05, 0) is 35.4 Å². The Morgan fingerprint density at radius 3 is 2.30 bits per heavy atom. The summed E-state index contributed by atoms with van der Waals surface area (Å²) in [4.78, 5) is 12.3. The van der Waals surface area contributed by atoms with E-state index in [4.69, 9.17) is 10.00 Å². The molecule has 0 aliphatic heterocycles. The van der Waals surface area contributed by atoms with Crippen LogP contribution < -0.4 is 5.32 Å². The van der Waals surface area contributed by atoms with Crippen molar-refractivity contribution in [2.45, 2.75) is 18.4 Å². The van der Waals surface area contributed by atoms with Gasteiger partial charge in [0.25, 0.3) is 5.91 Å². The van der Waals surface area contributed by atoms with Gasteiger partial charge in [-0.3, -0.25) is 4.79 Å². The van der Waals surface area contributed by atoms with Crippen molar-refractivity contribution in [1.29, 1.82) is 5.26 Å². The molecule has 0 fully saturated rings. The Balaban J connectivity index is 1.67. The van der Waals surface area contributed by atoms with Crippen LogP contribution in [0.5, 0.6) is 0 Å². The number of nitrogens with zero attached hydrogens (tertiary/aromatic N) is 1. The SMILES string of the molecule is COC1(CNC(=O)c2ccc(C#N)cc2)Cc2ccccc2C1. The van der Waals surface area contributed by atoms with E-state index in [1.807, 2.05) is 18.2 Å². The average molecular weight is 306 g/mol. The Kier molecular flexibility index (Phi) is 4.14. The lowest BCUT2D eigenvalue weighted by molar-refractivity contribution is 0.000177. The van der Waals surface area contributed by atoms with E-state index in [-0.39, 0.29) is 11.5 Å². The molecule has 3 rings (SSSR count). The molecule has 2 aromatic rings. The number of carbonyl (C=O) groups is 1. The average Bonchev–Trinajstić information content (AvgIpc) is 2.99. The summed E-state index contributed by atoms with van der Waals surface area (Å²) < 4.78 is 5.75. The molecule has 1 amide bonds. The van der Waals surface area contributed by atoms with Crippen molar-refractivity contribution in [2.24, 2.45) is 0 Å². The molecule has 1 N–H and O–H groups in total. The van der Waals surface area contributed by atoms with E-state index in [1.54, 1.807) is 31.4 Å². The van der Waals surface area contributed by atoms with E-state index in [0.717, 1.165) is 12.8 Å². The topological polar surface area (TPSA) is 62.1 Å². The van der Waals surface area contributed by atoms with Gasteiger partial charge in [-0.15, -0.1) is 0 Å². The highest BCUT2D eigenvalue weighted by Gasteiger charge is 2.37. The van der Waals surface area contributed by atoms with Gasteiger partial charge in [0.1, 0.15) is 0 Å². The number of hydrogen-bond acceptors (Lipinski definition) is 3. The maximum atomic E-state index is 12.3. The molecular weight excluding hydrogens is 288 g/mol. The van der Waals surface area contributed by atoms with E-state index >= 15 is 0 Å². The van der Waals surface area contributed by atoms with Crippen molar-refractivity contribution in [3.63, 3.8) is 0 Å². The van der Waals surface area contributed by atoms with Gasteiger partial charge in [0.2, 0.25) is 0 Å². The van der Waals surface area contributed by atoms with E-state index < -0.39 is 0 Å². The molecule has 0 spiro atoms. The van der Waals surface area contributed by atoms with Gasteiger partial charge in [-0.1, -0.05) is 24.3 Å². The third kappa shape index (κ3) is 3.10. The summed E-state index contributed by atoms with van der Waals surface area (Å²) in [6.45, 7) is 0.455. The lowest BCUT2D eigenvalue weighted by Crippen LogP contribution is -2.45. The van der Waals surface area contributed by atoms with Crippen molar-refractivity contribution in [1.82, 2.24) is 5.32 Å². The van der Waals surface area contributed by atoms with Gasteiger partial charge in [0.05, 0.1) is 17.2 Å². The highest BCUT2D eigenvalue weighted by molar-refractivity contribution is 5.94. The van der Waals surface area contributed by atoms with Crippen molar-refractivity contribution >= 4 is 5.91 Å². The molecule has 0 atom stereocenters. The fraction of sp³-hybridized carbons (Fsp3) is 0.263. The lowest BCUT2D eigenvalue weighted by Gasteiger charge is -2.27. The molecule has 0 aromatic heterocycles. The summed E-state index contributed by atoms with van der Waals surface area (Å²) in [7, 11) is 1.69. The first-order valence-corrected chi connectivity index (χ1v) is 7.56. The predicted molar refractivity (Wildman–Crippen MR) is 87.1 cm³/mol. The number of amides is 1. The number of ether oxygens (including phenoxy) is 1. The fourth-order valence-electron chi connectivity index (χ4n) is 3.04. The quantitative estimate of drug-likeness (QED) is 0.944. The second kappa shape index (κ2) is 6.23. The van der Waals surface area contributed by atoms with Crippen LogP contribution in [-0.4, -0.2) is 25.2 Å².